The Balaban J connectivity index is 1.61. The average molecular weight is 469 g/mol. The predicted molar refractivity (Wildman–Crippen MR) is 150 cm³/mol. The zero-order valence-electron chi connectivity index (χ0n) is 22.0. The molecular weight excluding hydrogens is 428 g/mol. The Bertz CT molecular complexity index is 1170. The number of benzene rings is 2. The van der Waals surface area contributed by atoms with Crippen LogP contribution in [-0.4, -0.2) is 34.8 Å². The fourth-order valence-corrected chi connectivity index (χ4v) is 4.24. The van der Waals surface area contributed by atoms with Gasteiger partial charge in [-0.25, -0.2) is 4.68 Å². The summed E-state index contributed by atoms with van der Waals surface area (Å²) in [6.07, 6.45) is 6.01. The maximum absolute atomic E-state index is 4.61. The average Bonchev–Trinajstić information content (AvgIpc) is 3.19. The van der Waals surface area contributed by atoms with Crippen molar-refractivity contribution in [1.82, 2.24) is 20.0 Å². The summed E-state index contributed by atoms with van der Waals surface area (Å²) in [5.74, 6) is 1.35. The second-order valence-corrected chi connectivity index (χ2v) is 9.48. The predicted octanol–water partition coefficient (Wildman–Crippen LogP) is 6.62. The van der Waals surface area contributed by atoms with Gasteiger partial charge in [-0.3, -0.25) is 0 Å². The van der Waals surface area contributed by atoms with E-state index in [2.05, 4.69) is 124 Å². The first-order chi connectivity index (χ1) is 16.8. The maximum atomic E-state index is 4.61. The lowest BCUT2D eigenvalue weighted by Gasteiger charge is -2.27. The number of allylic oxidation sites excluding steroid dienone is 3. The van der Waals surface area contributed by atoms with Gasteiger partial charge in [-0.15, -0.1) is 0 Å². The van der Waals surface area contributed by atoms with E-state index in [4.69, 9.17) is 0 Å². The van der Waals surface area contributed by atoms with E-state index in [0.717, 1.165) is 48.6 Å². The topological polar surface area (TPSA) is 33.1 Å². The quantitative estimate of drug-likeness (QED) is 0.239. The first-order valence-electron chi connectivity index (χ1n) is 12.4. The Hall–Kier alpha value is -3.53. The SMILES string of the molecule is C=C(/C=C(/NCCCN(C)C(=C)C(C)Cc1ccccc1)n1ncc(C)c1C)c1ccccc1C. The van der Waals surface area contributed by atoms with Crippen LogP contribution < -0.4 is 5.32 Å². The van der Waals surface area contributed by atoms with Gasteiger partial charge < -0.3 is 10.2 Å². The van der Waals surface area contributed by atoms with Crippen LogP contribution in [0.3, 0.4) is 0 Å². The molecule has 1 N–H and O–H groups in total. The highest BCUT2D eigenvalue weighted by Gasteiger charge is 2.13. The van der Waals surface area contributed by atoms with Crippen LogP contribution in [0.15, 0.2) is 85.7 Å². The standard InChI is InChI=1S/C31H40N4/c1-23-14-11-12-17-30(23)25(3)21-31(35-28(6)26(4)22-33-35)32-18-13-19-34(7)27(5)24(2)20-29-15-9-8-10-16-29/h8-12,14-17,21-22,24,32H,3,5,13,18-20H2,1-2,4,6-7H3/b31-21-. The lowest BCUT2D eigenvalue weighted by molar-refractivity contribution is 0.360. The van der Waals surface area contributed by atoms with Gasteiger partial charge in [0.25, 0.3) is 0 Å². The summed E-state index contributed by atoms with van der Waals surface area (Å²) >= 11 is 0. The van der Waals surface area contributed by atoms with Gasteiger partial charge in [0.1, 0.15) is 5.82 Å². The fraction of sp³-hybridized carbons (Fsp3) is 0.323. The third-order valence-corrected chi connectivity index (χ3v) is 6.71. The molecule has 35 heavy (non-hydrogen) atoms. The van der Waals surface area contributed by atoms with Crippen LogP contribution in [0.5, 0.6) is 0 Å². The first kappa shape index (κ1) is 26.1. The largest absolute Gasteiger partial charge is 0.378 e. The molecule has 1 atom stereocenters. The van der Waals surface area contributed by atoms with E-state index in [-0.39, 0.29) is 0 Å². The zero-order chi connectivity index (χ0) is 25.4. The molecule has 0 radical (unpaired) electrons. The van der Waals surface area contributed by atoms with Gasteiger partial charge in [0, 0.05) is 31.5 Å². The van der Waals surface area contributed by atoms with Crippen LogP contribution in [0.4, 0.5) is 0 Å². The molecular formula is C31H40N4. The molecule has 0 aliphatic heterocycles. The summed E-state index contributed by atoms with van der Waals surface area (Å²) in [6, 6.07) is 19.0. The van der Waals surface area contributed by atoms with Crippen molar-refractivity contribution in [3.63, 3.8) is 0 Å². The van der Waals surface area contributed by atoms with Crippen LogP contribution in [0.25, 0.3) is 11.4 Å². The molecule has 0 saturated heterocycles. The lowest BCUT2D eigenvalue weighted by Crippen LogP contribution is -2.27. The van der Waals surface area contributed by atoms with Crippen molar-refractivity contribution in [3.05, 3.63) is 114 Å². The van der Waals surface area contributed by atoms with E-state index in [9.17, 15) is 0 Å². The molecule has 4 heteroatoms. The van der Waals surface area contributed by atoms with E-state index in [1.165, 1.54) is 22.4 Å². The van der Waals surface area contributed by atoms with Crippen molar-refractivity contribution in [2.75, 3.05) is 20.1 Å². The van der Waals surface area contributed by atoms with Crippen molar-refractivity contribution in [2.45, 2.75) is 40.5 Å². The normalized spacial score (nSPS) is 12.3. The molecule has 1 aromatic heterocycles. The van der Waals surface area contributed by atoms with E-state index in [1.54, 1.807) is 0 Å². The minimum atomic E-state index is 0.401. The molecule has 3 rings (SSSR count). The third-order valence-electron chi connectivity index (χ3n) is 6.71. The summed E-state index contributed by atoms with van der Waals surface area (Å²) in [5.41, 5.74) is 8.16. The van der Waals surface area contributed by atoms with Crippen LogP contribution in [-0.2, 0) is 6.42 Å². The summed E-state index contributed by atoms with van der Waals surface area (Å²) in [6.45, 7) is 19.0. The number of nitrogens with one attached hydrogen (secondary N) is 1. The van der Waals surface area contributed by atoms with E-state index in [1.807, 2.05) is 10.9 Å². The number of hydrogen-bond donors (Lipinski definition) is 1. The fourth-order valence-electron chi connectivity index (χ4n) is 4.24. The van der Waals surface area contributed by atoms with Crippen LogP contribution >= 0.6 is 0 Å². The van der Waals surface area contributed by atoms with Crippen molar-refractivity contribution in [1.29, 1.82) is 0 Å². The molecule has 0 spiro atoms. The molecule has 184 valence electrons. The van der Waals surface area contributed by atoms with E-state index < -0.39 is 0 Å². The monoisotopic (exact) mass is 468 g/mol. The number of hydrogen-bond acceptors (Lipinski definition) is 3. The number of rotatable bonds is 12. The summed E-state index contributed by atoms with van der Waals surface area (Å²) < 4.78 is 1.98. The minimum absolute atomic E-state index is 0.401. The molecule has 4 nitrogen and oxygen atoms in total. The van der Waals surface area contributed by atoms with Crippen LogP contribution in [0.2, 0.25) is 0 Å². The molecule has 0 amide bonds. The smallest absolute Gasteiger partial charge is 0.128 e. The zero-order valence-corrected chi connectivity index (χ0v) is 22.0. The first-order valence-corrected chi connectivity index (χ1v) is 12.4. The molecule has 0 aliphatic carbocycles. The van der Waals surface area contributed by atoms with Gasteiger partial charge in [-0.1, -0.05) is 74.7 Å². The van der Waals surface area contributed by atoms with Gasteiger partial charge in [0.2, 0.25) is 0 Å². The lowest BCUT2D eigenvalue weighted by atomic mass is 9.98. The van der Waals surface area contributed by atoms with Crippen LogP contribution in [0, 0.1) is 26.7 Å². The summed E-state index contributed by atoms with van der Waals surface area (Å²) in [7, 11) is 2.14. The van der Waals surface area contributed by atoms with Crippen LogP contribution in [0.1, 0.15) is 41.3 Å². The molecule has 1 heterocycles. The van der Waals surface area contributed by atoms with E-state index in [0.29, 0.717) is 5.92 Å². The molecule has 0 aliphatic rings. The Labute approximate surface area is 211 Å². The molecule has 0 bridgehead atoms. The minimum Gasteiger partial charge on any atom is -0.378 e. The highest BCUT2D eigenvalue weighted by Crippen LogP contribution is 2.21. The highest BCUT2D eigenvalue weighted by molar-refractivity contribution is 5.79. The molecule has 1 unspecified atom stereocenters. The van der Waals surface area contributed by atoms with Gasteiger partial charge in [0.05, 0.1) is 6.20 Å². The van der Waals surface area contributed by atoms with Gasteiger partial charge in [0.15, 0.2) is 0 Å². The maximum Gasteiger partial charge on any atom is 0.128 e. The Morgan fingerprint density at radius 1 is 1.03 bits per heavy atom. The molecule has 2 aromatic carbocycles. The van der Waals surface area contributed by atoms with Crippen molar-refractivity contribution in [2.24, 2.45) is 5.92 Å². The summed E-state index contributed by atoms with van der Waals surface area (Å²) in [4.78, 5) is 2.29. The Morgan fingerprint density at radius 2 is 1.71 bits per heavy atom. The molecule has 3 aromatic rings. The highest BCUT2D eigenvalue weighted by atomic mass is 15.3. The number of aryl methyl sites for hydroxylation is 2. The summed E-state index contributed by atoms with van der Waals surface area (Å²) in [5, 5.41) is 8.23. The Morgan fingerprint density at radius 3 is 2.37 bits per heavy atom. The second-order valence-electron chi connectivity index (χ2n) is 9.48. The van der Waals surface area contributed by atoms with Crippen molar-refractivity contribution < 1.29 is 0 Å². The Kier molecular flexibility index (Phi) is 9.13. The third kappa shape index (κ3) is 6.98. The second kappa shape index (κ2) is 12.3. The van der Waals surface area contributed by atoms with Gasteiger partial charge in [-0.05, 0) is 73.4 Å². The van der Waals surface area contributed by atoms with Crippen molar-refractivity contribution >= 4 is 11.4 Å². The molecule has 0 saturated carbocycles. The number of aromatic nitrogens is 2. The van der Waals surface area contributed by atoms with Crippen molar-refractivity contribution in [3.8, 4) is 0 Å². The van der Waals surface area contributed by atoms with Gasteiger partial charge >= 0.3 is 0 Å². The van der Waals surface area contributed by atoms with E-state index >= 15 is 0 Å². The number of nitrogens with zero attached hydrogens (tertiary/aromatic N) is 3. The van der Waals surface area contributed by atoms with Gasteiger partial charge in [-0.2, -0.15) is 5.10 Å². The molecule has 0 fully saturated rings.